The summed E-state index contributed by atoms with van der Waals surface area (Å²) < 4.78 is 33.4. The lowest BCUT2D eigenvalue weighted by Gasteiger charge is -2.23. The first-order valence-electron chi connectivity index (χ1n) is 9.68. The third-order valence-corrected chi connectivity index (χ3v) is 5.02. The van der Waals surface area contributed by atoms with Gasteiger partial charge in [0, 0.05) is 0 Å². The second-order valence-corrected chi connectivity index (χ2v) is 7.83. The Morgan fingerprint density at radius 2 is 1.36 bits per heavy atom. The van der Waals surface area contributed by atoms with Crippen LogP contribution in [0.25, 0.3) is 0 Å². The first-order chi connectivity index (χ1) is 11.6. The van der Waals surface area contributed by atoms with Crippen molar-refractivity contribution in [2.24, 2.45) is 23.7 Å². The molecular formula is C22H38F2O. The molecule has 1 nitrogen and oxygen atoms in total. The predicted octanol–water partition coefficient (Wildman–Crippen LogP) is 7.76. The molecule has 0 aliphatic heterocycles. The number of hydrogen-bond donors (Lipinski definition) is 0. The molecule has 0 aromatic rings. The summed E-state index contributed by atoms with van der Waals surface area (Å²) in [7, 11) is 0. The van der Waals surface area contributed by atoms with Crippen LogP contribution in [-0.4, -0.2) is 6.61 Å². The second-order valence-electron chi connectivity index (χ2n) is 7.83. The van der Waals surface area contributed by atoms with Crippen LogP contribution in [0.15, 0.2) is 36.1 Å². The van der Waals surface area contributed by atoms with Gasteiger partial charge in [0.05, 0.1) is 6.61 Å². The van der Waals surface area contributed by atoms with Crippen molar-refractivity contribution in [1.82, 2.24) is 0 Å². The van der Waals surface area contributed by atoms with Crippen LogP contribution < -0.4 is 0 Å². The van der Waals surface area contributed by atoms with Crippen molar-refractivity contribution in [3.05, 3.63) is 36.1 Å². The van der Waals surface area contributed by atoms with Crippen molar-refractivity contribution >= 4 is 0 Å². The zero-order valence-electron chi connectivity index (χ0n) is 17.1. The first kappa shape index (κ1) is 23.9. The SMILES string of the molecule is C=C(OCCC)/C(F)=C(/F)C(=C)C(C)CCC(C)C(C)CCC(C)C. The summed E-state index contributed by atoms with van der Waals surface area (Å²) in [6.07, 6.45) is 4.96. The first-order valence-corrected chi connectivity index (χ1v) is 9.68. The molecule has 0 saturated heterocycles. The fraction of sp³-hybridized carbons (Fsp3) is 0.727. The van der Waals surface area contributed by atoms with E-state index in [1.54, 1.807) is 0 Å². The average Bonchev–Trinajstić information content (AvgIpc) is 2.59. The molecule has 25 heavy (non-hydrogen) atoms. The highest BCUT2D eigenvalue weighted by Gasteiger charge is 2.20. The van der Waals surface area contributed by atoms with Gasteiger partial charge in [0.2, 0.25) is 0 Å². The van der Waals surface area contributed by atoms with Crippen molar-refractivity contribution in [3.63, 3.8) is 0 Å². The summed E-state index contributed by atoms with van der Waals surface area (Å²) in [6, 6.07) is 0. The highest BCUT2D eigenvalue weighted by molar-refractivity contribution is 5.33. The normalized spacial score (nSPS) is 16.2. The maximum Gasteiger partial charge on any atom is 0.200 e. The molecule has 0 bridgehead atoms. The van der Waals surface area contributed by atoms with E-state index in [1.807, 2.05) is 13.8 Å². The minimum absolute atomic E-state index is 0.107. The summed E-state index contributed by atoms with van der Waals surface area (Å²) in [5.74, 6) is -0.375. The van der Waals surface area contributed by atoms with Crippen LogP contribution in [0.2, 0.25) is 0 Å². The van der Waals surface area contributed by atoms with Gasteiger partial charge in [-0.15, -0.1) is 0 Å². The van der Waals surface area contributed by atoms with Gasteiger partial charge in [-0.2, -0.15) is 4.39 Å². The highest BCUT2D eigenvalue weighted by atomic mass is 19.2. The molecule has 3 heteroatoms. The van der Waals surface area contributed by atoms with Crippen molar-refractivity contribution in [2.75, 3.05) is 6.61 Å². The van der Waals surface area contributed by atoms with E-state index in [2.05, 4.69) is 40.9 Å². The maximum atomic E-state index is 14.3. The molecule has 0 heterocycles. The summed E-state index contributed by atoms with van der Waals surface area (Å²) in [5, 5.41) is 0. The largest absolute Gasteiger partial charge is 0.491 e. The number of rotatable bonds is 13. The molecule has 0 fully saturated rings. The lowest BCUT2D eigenvalue weighted by atomic mass is 9.83. The zero-order chi connectivity index (χ0) is 19.6. The van der Waals surface area contributed by atoms with E-state index < -0.39 is 11.7 Å². The Morgan fingerprint density at radius 3 is 1.84 bits per heavy atom. The van der Waals surface area contributed by atoms with Crippen molar-refractivity contribution in [1.29, 1.82) is 0 Å². The summed E-state index contributed by atoms with van der Waals surface area (Å²) in [4.78, 5) is 0. The quantitative estimate of drug-likeness (QED) is 0.242. The number of ether oxygens (including phenoxy) is 1. The molecule has 0 radical (unpaired) electrons. The maximum absolute atomic E-state index is 14.3. The molecule has 0 aromatic heterocycles. The molecule has 0 saturated carbocycles. The third kappa shape index (κ3) is 9.23. The van der Waals surface area contributed by atoms with E-state index >= 15 is 0 Å². The van der Waals surface area contributed by atoms with Gasteiger partial charge in [-0.1, -0.05) is 67.5 Å². The predicted molar refractivity (Wildman–Crippen MR) is 105 cm³/mol. The second kappa shape index (κ2) is 12.3. The fourth-order valence-corrected chi connectivity index (χ4v) is 2.62. The smallest absolute Gasteiger partial charge is 0.200 e. The van der Waals surface area contributed by atoms with Gasteiger partial charge in [-0.05, 0) is 48.5 Å². The van der Waals surface area contributed by atoms with Gasteiger partial charge in [0.15, 0.2) is 17.4 Å². The molecule has 0 rings (SSSR count). The molecule has 0 aliphatic carbocycles. The van der Waals surface area contributed by atoms with Crippen LogP contribution in [0.1, 0.15) is 73.6 Å². The Labute approximate surface area is 154 Å². The van der Waals surface area contributed by atoms with Crippen LogP contribution in [0.5, 0.6) is 0 Å². The van der Waals surface area contributed by atoms with E-state index in [0.29, 0.717) is 18.4 Å². The van der Waals surface area contributed by atoms with E-state index in [4.69, 9.17) is 4.74 Å². The Morgan fingerprint density at radius 1 is 0.840 bits per heavy atom. The molecule has 0 aromatic carbocycles. The van der Waals surface area contributed by atoms with E-state index in [0.717, 1.165) is 25.2 Å². The van der Waals surface area contributed by atoms with Crippen LogP contribution >= 0.6 is 0 Å². The Hall–Kier alpha value is -1.12. The molecule has 0 spiro atoms. The Balaban J connectivity index is 4.56. The summed E-state index contributed by atoms with van der Waals surface area (Å²) in [5.41, 5.74) is 0.195. The van der Waals surface area contributed by atoms with Crippen LogP contribution in [0, 0.1) is 23.7 Å². The highest BCUT2D eigenvalue weighted by Crippen LogP contribution is 2.31. The van der Waals surface area contributed by atoms with Crippen molar-refractivity contribution in [2.45, 2.75) is 73.6 Å². The summed E-state index contributed by atoms with van der Waals surface area (Å²) in [6.45, 7) is 20.3. The van der Waals surface area contributed by atoms with E-state index in [9.17, 15) is 8.78 Å². The zero-order valence-corrected chi connectivity index (χ0v) is 17.1. The monoisotopic (exact) mass is 356 g/mol. The van der Waals surface area contributed by atoms with Gasteiger partial charge in [-0.3, -0.25) is 0 Å². The number of halogens is 2. The van der Waals surface area contributed by atoms with Gasteiger partial charge in [0.25, 0.3) is 0 Å². The van der Waals surface area contributed by atoms with Gasteiger partial charge in [0.1, 0.15) is 0 Å². The molecule has 146 valence electrons. The van der Waals surface area contributed by atoms with Crippen LogP contribution in [-0.2, 0) is 4.74 Å². The minimum Gasteiger partial charge on any atom is -0.491 e. The Kier molecular flexibility index (Phi) is 11.7. The molecule has 3 atom stereocenters. The average molecular weight is 357 g/mol. The molecule has 0 N–H and O–H groups in total. The van der Waals surface area contributed by atoms with E-state index in [-0.39, 0.29) is 17.3 Å². The lowest BCUT2D eigenvalue weighted by molar-refractivity contribution is 0.208. The topological polar surface area (TPSA) is 9.23 Å². The number of allylic oxidation sites excluding steroid dienone is 3. The molecule has 3 unspecified atom stereocenters. The lowest BCUT2D eigenvalue weighted by Crippen LogP contribution is -2.11. The standard InChI is InChI=1S/C22H38F2O/c1-9-14-25-20(8)22(24)21(23)19(7)18(6)13-12-17(5)16(4)11-10-15(2)3/h15-18H,7-14H2,1-6H3/b22-21-. The van der Waals surface area contributed by atoms with Gasteiger partial charge < -0.3 is 4.74 Å². The summed E-state index contributed by atoms with van der Waals surface area (Å²) >= 11 is 0. The minimum atomic E-state index is -1.02. The van der Waals surface area contributed by atoms with Crippen LogP contribution in [0.3, 0.4) is 0 Å². The van der Waals surface area contributed by atoms with Gasteiger partial charge >= 0.3 is 0 Å². The van der Waals surface area contributed by atoms with Gasteiger partial charge in [-0.25, -0.2) is 4.39 Å². The molecule has 0 aliphatic rings. The van der Waals surface area contributed by atoms with Crippen molar-refractivity contribution in [3.8, 4) is 0 Å². The number of hydrogen-bond acceptors (Lipinski definition) is 1. The van der Waals surface area contributed by atoms with Crippen molar-refractivity contribution < 1.29 is 13.5 Å². The molecule has 0 amide bonds. The van der Waals surface area contributed by atoms with Crippen LogP contribution in [0.4, 0.5) is 8.78 Å². The fourth-order valence-electron chi connectivity index (χ4n) is 2.62. The Bertz CT molecular complexity index is 451. The van der Waals surface area contributed by atoms with E-state index in [1.165, 1.54) is 12.8 Å². The third-order valence-electron chi connectivity index (χ3n) is 5.02. The molecular weight excluding hydrogens is 318 g/mol.